The van der Waals surface area contributed by atoms with Crippen LogP contribution >= 0.6 is 0 Å². The van der Waals surface area contributed by atoms with Gasteiger partial charge in [0, 0.05) is 13.1 Å². The van der Waals surface area contributed by atoms with Crippen molar-refractivity contribution in [2.24, 2.45) is 0 Å². The molecule has 0 spiro atoms. The first-order valence-electron chi connectivity index (χ1n) is 8.89. The number of H-pyrrole nitrogens is 1. The number of nitrogens with one attached hydrogen (secondary N) is 2. The van der Waals surface area contributed by atoms with Crippen LogP contribution in [0.2, 0.25) is 0 Å². The van der Waals surface area contributed by atoms with Gasteiger partial charge >= 0.3 is 0 Å². The molecule has 2 rings (SSSR count). The Bertz CT molecular complexity index is 737. The van der Waals surface area contributed by atoms with Crippen molar-refractivity contribution in [3.05, 3.63) is 42.4 Å². The van der Waals surface area contributed by atoms with Gasteiger partial charge < -0.3 is 4.98 Å². The Hall–Kier alpha value is -1.70. The molecule has 0 saturated carbocycles. The average molecular weight is 365 g/mol. The molecule has 6 nitrogen and oxygen atoms in total. The number of hydrogen-bond donors (Lipinski definition) is 2. The van der Waals surface area contributed by atoms with E-state index in [2.05, 4.69) is 14.7 Å². The van der Waals surface area contributed by atoms with Crippen molar-refractivity contribution in [1.29, 1.82) is 0 Å². The highest BCUT2D eigenvalue weighted by atomic mass is 32.2. The predicted octanol–water partition coefficient (Wildman–Crippen LogP) is 3.48. The van der Waals surface area contributed by atoms with Crippen LogP contribution in [-0.4, -0.2) is 35.8 Å². The molecule has 1 aromatic carbocycles. The molecule has 0 aliphatic rings. The predicted molar refractivity (Wildman–Crippen MR) is 101 cm³/mol. The van der Waals surface area contributed by atoms with E-state index in [0.29, 0.717) is 25.3 Å². The molecule has 2 N–H and O–H groups in total. The largest absolute Gasteiger partial charge is 0.341 e. The fourth-order valence-corrected chi connectivity index (χ4v) is 4.35. The van der Waals surface area contributed by atoms with E-state index in [-0.39, 0.29) is 6.04 Å². The second-order valence-corrected chi connectivity index (χ2v) is 7.73. The number of benzene rings is 1. The summed E-state index contributed by atoms with van der Waals surface area (Å²) in [5.74, 6) is 0.637. The number of nitrogens with zero attached hydrogens (tertiary/aromatic N) is 2. The molecule has 7 heteroatoms. The van der Waals surface area contributed by atoms with Crippen LogP contribution in [0.3, 0.4) is 0 Å². The summed E-state index contributed by atoms with van der Waals surface area (Å²) in [6.07, 6.45) is 3.94. The van der Waals surface area contributed by atoms with Crippen molar-refractivity contribution in [1.82, 2.24) is 19.0 Å². The Kier molecular flexibility index (Phi) is 7.16. The molecule has 25 heavy (non-hydrogen) atoms. The van der Waals surface area contributed by atoms with Gasteiger partial charge in [0.2, 0.25) is 0 Å². The minimum absolute atomic E-state index is 0.376. The number of hydrogen-bond acceptors (Lipinski definition) is 3. The lowest BCUT2D eigenvalue weighted by Gasteiger charge is -2.24. The summed E-state index contributed by atoms with van der Waals surface area (Å²) in [5.41, 5.74) is 1.91. The van der Waals surface area contributed by atoms with Crippen LogP contribution < -0.4 is 4.72 Å². The molecule has 0 amide bonds. The Labute approximate surface area is 150 Å². The summed E-state index contributed by atoms with van der Waals surface area (Å²) in [6.45, 7) is 6.95. The minimum Gasteiger partial charge on any atom is -0.341 e. The summed E-state index contributed by atoms with van der Waals surface area (Å²) < 4.78 is 29.7. The van der Waals surface area contributed by atoms with E-state index in [1.807, 2.05) is 51.1 Å². The lowest BCUT2D eigenvalue weighted by molar-refractivity contribution is 0.393. The van der Waals surface area contributed by atoms with Gasteiger partial charge in [-0.2, -0.15) is 17.4 Å². The summed E-state index contributed by atoms with van der Waals surface area (Å²) in [6, 6.07) is 9.49. The summed E-state index contributed by atoms with van der Waals surface area (Å²) in [7, 11) is -3.54. The third-order valence-corrected chi connectivity index (χ3v) is 5.62. The number of imidazole rings is 1. The second kappa shape index (κ2) is 9.12. The third-order valence-electron chi connectivity index (χ3n) is 4.00. The fourth-order valence-electron chi connectivity index (χ4n) is 2.72. The monoisotopic (exact) mass is 364 g/mol. The average Bonchev–Trinajstić information content (AvgIpc) is 3.10. The molecule has 138 valence electrons. The van der Waals surface area contributed by atoms with Gasteiger partial charge in [-0.15, -0.1) is 0 Å². The Morgan fingerprint density at radius 3 is 2.32 bits per heavy atom. The maximum Gasteiger partial charge on any atom is 0.280 e. The molecule has 0 aliphatic carbocycles. The van der Waals surface area contributed by atoms with E-state index in [4.69, 9.17) is 0 Å². The zero-order valence-corrected chi connectivity index (χ0v) is 16.0. The maximum absolute atomic E-state index is 12.7. The van der Waals surface area contributed by atoms with Gasteiger partial charge in [0.1, 0.15) is 5.82 Å². The quantitative estimate of drug-likeness (QED) is 0.677. The molecule has 0 radical (unpaired) electrons. The van der Waals surface area contributed by atoms with Crippen LogP contribution in [0.25, 0.3) is 11.3 Å². The molecule has 0 bridgehead atoms. The van der Waals surface area contributed by atoms with Crippen LogP contribution in [0.5, 0.6) is 0 Å². The number of aromatic amines is 1. The first kappa shape index (κ1) is 19.6. The van der Waals surface area contributed by atoms with E-state index < -0.39 is 10.2 Å². The van der Waals surface area contributed by atoms with Gasteiger partial charge in [-0.3, -0.25) is 0 Å². The second-order valence-electron chi connectivity index (χ2n) is 6.03. The minimum atomic E-state index is -3.54. The highest BCUT2D eigenvalue weighted by molar-refractivity contribution is 7.87. The smallest absolute Gasteiger partial charge is 0.280 e. The molecule has 2 aromatic rings. The Balaban J connectivity index is 2.18. The number of rotatable bonds is 10. The molecular weight excluding hydrogens is 336 g/mol. The van der Waals surface area contributed by atoms with Crippen molar-refractivity contribution in [3.63, 3.8) is 0 Å². The van der Waals surface area contributed by atoms with Gasteiger partial charge in [-0.05, 0) is 24.8 Å². The Morgan fingerprint density at radius 1 is 1.12 bits per heavy atom. The van der Waals surface area contributed by atoms with Gasteiger partial charge in [-0.1, -0.05) is 51.1 Å². The van der Waals surface area contributed by atoms with E-state index in [0.717, 1.165) is 24.1 Å². The highest BCUT2D eigenvalue weighted by Crippen LogP contribution is 2.21. The molecule has 1 unspecified atom stereocenters. The molecule has 1 heterocycles. The third kappa shape index (κ3) is 5.14. The van der Waals surface area contributed by atoms with Crippen LogP contribution in [-0.2, 0) is 10.2 Å². The van der Waals surface area contributed by atoms with Crippen molar-refractivity contribution >= 4 is 10.2 Å². The van der Waals surface area contributed by atoms with E-state index in [9.17, 15) is 8.42 Å². The van der Waals surface area contributed by atoms with E-state index >= 15 is 0 Å². The zero-order valence-electron chi connectivity index (χ0n) is 15.2. The lowest BCUT2D eigenvalue weighted by Crippen LogP contribution is -2.43. The normalized spacial score (nSPS) is 13.3. The summed E-state index contributed by atoms with van der Waals surface area (Å²) in [5, 5.41) is 0. The Morgan fingerprint density at radius 2 is 1.76 bits per heavy atom. The molecular formula is C18H28N4O2S. The summed E-state index contributed by atoms with van der Waals surface area (Å²) >= 11 is 0. The van der Waals surface area contributed by atoms with Crippen molar-refractivity contribution in [2.45, 2.75) is 46.1 Å². The molecule has 0 fully saturated rings. The van der Waals surface area contributed by atoms with Gasteiger partial charge in [0.25, 0.3) is 10.2 Å². The maximum atomic E-state index is 12.7. The highest BCUT2D eigenvalue weighted by Gasteiger charge is 2.25. The first-order valence-corrected chi connectivity index (χ1v) is 10.3. The standard InChI is InChI=1S/C18H28N4O2S/c1-4-12-22(13-5-2)25(23,24)21-16(6-3)18-19-14-17(20-18)15-10-8-7-9-11-15/h7-11,14,16,21H,4-6,12-13H2,1-3H3,(H,19,20). The molecule has 1 aromatic heterocycles. The van der Waals surface area contributed by atoms with Crippen molar-refractivity contribution < 1.29 is 8.42 Å². The van der Waals surface area contributed by atoms with E-state index in [1.54, 1.807) is 6.20 Å². The number of aromatic nitrogens is 2. The topological polar surface area (TPSA) is 78.1 Å². The van der Waals surface area contributed by atoms with Gasteiger partial charge in [0.15, 0.2) is 0 Å². The van der Waals surface area contributed by atoms with E-state index in [1.165, 1.54) is 4.31 Å². The van der Waals surface area contributed by atoms with Crippen LogP contribution in [0.15, 0.2) is 36.5 Å². The van der Waals surface area contributed by atoms with Crippen molar-refractivity contribution in [2.75, 3.05) is 13.1 Å². The fraction of sp³-hybridized carbons (Fsp3) is 0.500. The van der Waals surface area contributed by atoms with Gasteiger partial charge in [0.05, 0.1) is 17.9 Å². The van der Waals surface area contributed by atoms with Gasteiger partial charge in [-0.25, -0.2) is 4.98 Å². The summed E-state index contributed by atoms with van der Waals surface area (Å²) in [4.78, 5) is 7.65. The van der Waals surface area contributed by atoms with Crippen LogP contribution in [0, 0.1) is 0 Å². The van der Waals surface area contributed by atoms with Crippen molar-refractivity contribution in [3.8, 4) is 11.3 Å². The first-order chi connectivity index (χ1) is 12.0. The SMILES string of the molecule is CCCN(CCC)S(=O)(=O)NC(CC)c1ncc(-c2ccccc2)[nH]1. The van der Waals surface area contributed by atoms with Crippen LogP contribution in [0.1, 0.15) is 51.9 Å². The zero-order chi connectivity index (χ0) is 18.3. The molecule has 1 atom stereocenters. The van der Waals surface area contributed by atoms with Crippen LogP contribution in [0.4, 0.5) is 0 Å². The molecule has 0 saturated heterocycles. The molecule has 0 aliphatic heterocycles. The lowest BCUT2D eigenvalue weighted by atomic mass is 10.2.